The summed E-state index contributed by atoms with van der Waals surface area (Å²) in [4.78, 5) is 10.8. The highest BCUT2D eigenvalue weighted by Crippen LogP contribution is 2.18. The third kappa shape index (κ3) is 6.20. The molecular weight excluding hydrogens is 202 g/mol. The predicted molar refractivity (Wildman–Crippen MR) is 54.9 cm³/mol. The van der Waals surface area contributed by atoms with Crippen LogP contribution in [0.25, 0.3) is 0 Å². The van der Waals surface area contributed by atoms with E-state index < -0.39 is 11.9 Å². The van der Waals surface area contributed by atoms with Crippen molar-refractivity contribution in [2.45, 2.75) is 45.5 Å². The average molecular weight is 220 g/mol. The Kier molecular flexibility index (Phi) is 6.92. The zero-order chi connectivity index (χ0) is 11.7. The first-order valence-electron chi connectivity index (χ1n) is 5.27. The monoisotopic (exact) mass is 220 g/mol. The molecule has 0 N–H and O–H groups in total. The minimum atomic E-state index is -3.48. The summed E-state index contributed by atoms with van der Waals surface area (Å²) in [6.45, 7) is 3.51. The Balaban J connectivity index is 3.95. The molecule has 0 amide bonds. The number of ether oxygens (including phenoxy) is 1. The molecule has 0 aliphatic carbocycles. The van der Waals surface area contributed by atoms with Gasteiger partial charge in [0.2, 0.25) is 0 Å². The second-order valence-corrected chi connectivity index (χ2v) is 3.24. The molecule has 4 heteroatoms. The minimum Gasteiger partial charge on any atom is -0.461 e. The Hall–Kier alpha value is -0.930. The molecule has 0 radical (unpaired) electrons. The van der Waals surface area contributed by atoms with E-state index in [0.29, 0.717) is 12.5 Å². The first-order chi connectivity index (χ1) is 7.04. The number of hydrogen-bond donors (Lipinski definition) is 0. The van der Waals surface area contributed by atoms with E-state index in [1.807, 2.05) is 6.92 Å². The number of carbonyl (C=O) groups is 1. The molecule has 0 heterocycles. The van der Waals surface area contributed by atoms with Gasteiger partial charge in [-0.3, -0.25) is 0 Å². The third-order valence-electron chi connectivity index (χ3n) is 1.85. The van der Waals surface area contributed by atoms with Gasteiger partial charge in [0.15, 0.2) is 0 Å². The van der Waals surface area contributed by atoms with E-state index >= 15 is 0 Å². The van der Waals surface area contributed by atoms with Crippen molar-refractivity contribution in [3.05, 3.63) is 12.2 Å². The molecule has 0 atom stereocenters. The summed E-state index contributed by atoms with van der Waals surface area (Å²) < 4.78 is 30.1. The number of carbonyl (C=O) groups excluding carboxylic acids is 1. The lowest BCUT2D eigenvalue weighted by Crippen LogP contribution is -2.28. The second kappa shape index (κ2) is 7.37. The lowest BCUT2D eigenvalue weighted by molar-refractivity contribution is -0.164. The molecule has 0 aromatic heterocycles. The summed E-state index contributed by atoms with van der Waals surface area (Å²) in [6.07, 6.45) is 5.46. The molecule has 0 spiro atoms. The van der Waals surface area contributed by atoms with E-state index in [1.54, 1.807) is 0 Å². The van der Waals surface area contributed by atoms with Crippen LogP contribution in [0, 0.1) is 0 Å². The molecule has 0 saturated carbocycles. The number of unbranched alkanes of at least 4 members (excludes halogenated alkanes) is 3. The predicted octanol–water partition coefficient (Wildman–Crippen LogP) is 3.32. The van der Waals surface area contributed by atoms with Gasteiger partial charge >= 0.3 is 11.9 Å². The standard InChI is InChI=1S/C11H18F2O2/c1-3-5-6-7-8-9-11(12,13)10(14)15-4-2/h8-9H,3-7H2,1-2H3. The van der Waals surface area contributed by atoms with Crippen molar-refractivity contribution in [1.82, 2.24) is 0 Å². The summed E-state index contributed by atoms with van der Waals surface area (Å²) in [5, 5.41) is 0. The highest BCUT2D eigenvalue weighted by Gasteiger charge is 2.37. The Morgan fingerprint density at radius 1 is 1.33 bits per heavy atom. The molecule has 0 aliphatic rings. The van der Waals surface area contributed by atoms with Crippen molar-refractivity contribution < 1.29 is 18.3 Å². The molecule has 0 aromatic carbocycles. The highest BCUT2D eigenvalue weighted by atomic mass is 19.3. The van der Waals surface area contributed by atoms with Gasteiger partial charge < -0.3 is 4.74 Å². The molecular formula is C11H18F2O2. The van der Waals surface area contributed by atoms with Crippen molar-refractivity contribution in [3.63, 3.8) is 0 Å². The number of hydrogen-bond acceptors (Lipinski definition) is 2. The van der Waals surface area contributed by atoms with Crippen LogP contribution in [0.5, 0.6) is 0 Å². The van der Waals surface area contributed by atoms with Crippen molar-refractivity contribution in [1.29, 1.82) is 0 Å². The average Bonchev–Trinajstić information content (AvgIpc) is 2.18. The molecule has 0 aromatic rings. The maximum atomic E-state index is 13.0. The summed E-state index contributed by atoms with van der Waals surface area (Å²) in [7, 11) is 0. The molecule has 0 aliphatic heterocycles. The van der Waals surface area contributed by atoms with Gasteiger partial charge in [-0.05, 0) is 25.8 Å². The normalized spacial score (nSPS) is 12.0. The maximum Gasteiger partial charge on any atom is 0.381 e. The van der Waals surface area contributed by atoms with Crippen molar-refractivity contribution in [3.8, 4) is 0 Å². The van der Waals surface area contributed by atoms with E-state index in [2.05, 4.69) is 4.74 Å². The van der Waals surface area contributed by atoms with Gasteiger partial charge in [-0.25, -0.2) is 4.79 Å². The van der Waals surface area contributed by atoms with Gasteiger partial charge in [-0.15, -0.1) is 0 Å². The Bertz CT molecular complexity index is 213. The van der Waals surface area contributed by atoms with Gasteiger partial charge in [0.05, 0.1) is 6.61 Å². The SMILES string of the molecule is CCCCCC=CC(F)(F)C(=O)OCC. The molecule has 0 bridgehead atoms. The van der Waals surface area contributed by atoms with Crippen LogP contribution < -0.4 is 0 Å². The third-order valence-corrected chi connectivity index (χ3v) is 1.85. The molecule has 15 heavy (non-hydrogen) atoms. The molecule has 0 saturated heterocycles. The van der Waals surface area contributed by atoms with E-state index in [0.717, 1.165) is 19.3 Å². The van der Waals surface area contributed by atoms with E-state index in [-0.39, 0.29) is 6.61 Å². The summed E-state index contributed by atoms with van der Waals surface area (Å²) in [5.74, 6) is -4.96. The summed E-state index contributed by atoms with van der Waals surface area (Å²) >= 11 is 0. The van der Waals surface area contributed by atoms with Crippen LogP contribution in [0.3, 0.4) is 0 Å². The fraction of sp³-hybridized carbons (Fsp3) is 0.727. The Morgan fingerprint density at radius 3 is 2.53 bits per heavy atom. The number of rotatable bonds is 7. The fourth-order valence-corrected chi connectivity index (χ4v) is 1.04. The van der Waals surface area contributed by atoms with Crippen molar-refractivity contribution in [2.75, 3.05) is 6.61 Å². The quantitative estimate of drug-likeness (QED) is 0.374. The minimum absolute atomic E-state index is 0.0297. The second-order valence-electron chi connectivity index (χ2n) is 3.24. The maximum absolute atomic E-state index is 13.0. The smallest absolute Gasteiger partial charge is 0.381 e. The number of esters is 1. The van der Waals surface area contributed by atoms with E-state index in [4.69, 9.17) is 0 Å². The first-order valence-corrected chi connectivity index (χ1v) is 5.27. The zero-order valence-corrected chi connectivity index (χ0v) is 9.26. The van der Waals surface area contributed by atoms with Crippen molar-refractivity contribution >= 4 is 5.97 Å². The van der Waals surface area contributed by atoms with Crippen molar-refractivity contribution in [2.24, 2.45) is 0 Å². The molecule has 0 rings (SSSR count). The van der Waals surface area contributed by atoms with Gasteiger partial charge in [0, 0.05) is 0 Å². The van der Waals surface area contributed by atoms with Gasteiger partial charge in [-0.2, -0.15) is 8.78 Å². The first kappa shape index (κ1) is 14.1. The lowest BCUT2D eigenvalue weighted by Gasteiger charge is -2.09. The van der Waals surface area contributed by atoms with Crippen LogP contribution >= 0.6 is 0 Å². The fourth-order valence-electron chi connectivity index (χ4n) is 1.04. The Labute approximate surface area is 89.3 Å². The largest absolute Gasteiger partial charge is 0.461 e. The van der Waals surface area contributed by atoms with E-state index in [9.17, 15) is 13.6 Å². The van der Waals surface area contributed by atoms with Gasteiger partial charge in [0.25, 0.3) is 0 Å². The highest BCUT2D eigenvalue weighted by molar-refractivity contribution is 5.79. The van der Waals surface area contributed by atoms with Gasteiger partial charge in [0.1, 0.15) is 0 Å². The number of allylic oxidation sites excluding steroid dienone is 1. The lowest BCUT2D eigenvalue weighted by atomic mass is 10.2. The molecule has 88 valence electrons. The topological polar surface area (TPSA) is 26.3 Å². The van der Waals surface area contributed by atoms with Crippen LogP contribution in [0.15, 0.2) is 12.2 Å². The van der Waals surface area contributed by atoms with Crippen LogP contribution in [0.2, 0.25) is 0 Å². The van der Waals surface area contributed by atoms with Crippen LogP contribution in [-0.4, -0.2) is 18.5 Å². The number of halogens is 2. The molecule has 2 nitrogen and oxygen atoms in total. The summed E-state index contributed by atoms with van der Waals surface area (Å²) in [6, 6.07) is 0. The van der Waals surface area contributed by atoms with Crippen LogP contribution in [0.4, 0.5) is 8.78 Å². The van der Waals surface area contributed by atoms with E-state index in [1.165, 1.54) is 13.0 Å². The van der Waals surface area contributed by atoms with Gasteiger partial charge in [-0.1, -0.05) is 25.8 Å². The Morgan fingerprint density at radius 2 is 2.00 bits per heavy atom. The number of alkyl halides is 2. The zero-order valence-electron chi connectivity index (χ0n) is 9.26. The molecule has 0 fully saturated rings. The molecule has 0 unspecified atom stereocenters. The summed E-state index contributed by atoms with van der Waals surface area (Å²) in [5.41, 5.74) is 0. The van der Waals surface area contributed by atoms with Crippen LogP contribution in [0.1, 0.15) is 39.5 Å². The van der Waals surface area contributed by atoms with Crippen LogP contribution in [-0.2, 0) is 9.53 Å².